The highest BCUT2D eigenvalue weighted by atomic mass is 16.5. The maximum atomic E-state index is 11.3. The number of unbranched alkanes of at least 4 members (excludes halogenated alkanes) is 2. The van der Waals surface area contributed by atoms with E-state index in [1.54, 1.807) is 6.92 Å². The molecule has 0 saturated carbocycles. The first-order valence-electron chi connectivity index (χ1n) is 6.62. The van der Waals surface area contributed by atoms with Crippen molar-refractivity contribution < 1.29 is 19.1 Å². The van der Waals surface area contributed by atoms with Gasteiger partial charge in [-0.25, -0.2) is 4.79 Å². The van der Waals surface area contributed by atoms with Crippen LogP contribution >= 0.6 is 0 Å². The highest BCUT2D eigenvalue weighted by Gasteiger charge is 2.08. The third-order valence-corrected chi connectivity index (χ3v) is 2.43. The van der Waals surface area contributed by atoms with E-state index in [1.165, 1.54) is 0 Å². The van der Waals surface area contributed by atoms with Crippen molar-refractivity contribution in [3.05, 3.63) is 12.2 Å². The highest BCUT2D eigenvalue weighted by Crippen LogP contribution is 2.09. The zero-order valence-electron chi connectivity index (χ0n) is 11.5. The predicted octanol–water partition coefficient (Wildman–Crippen LogP) is 3.01. The molecule has 0 rings (SSSR count). The fourth-order valence-electron chi connectivity index (χ4n) is 1.35. The Balaban J connectivity index is 3.52. The second-order valence-corrected chi connectivity index (χ2v) is 4.11. The zero-order chi connectivity index (χ0) is 13.8. The van der Waals surface area contributed by atoms with Crippen LogP contribution in [0.5, 0.6) is 0 Å². The van der Waals surface area contributed by atoms with E-state index in [0.717, 1.165) is 19.3 Å². The minimum Gasteiger partial charge on any atom is -0.466 e. The van der Waals surface area contributed by atoms with Crippen LogP contribution in [-0.4, -0.2) is 25.2 Å². The zero-order valence-corrected chi connectivity index (χ0v) is 11.5. The number of esters is 2. The molecule has 0 aromatic carbocycles. The van der Waals surface area contributed by atoms with E-state index in [4.69, 9.17) is 9.47 Å². The highest BCUT2D eigenvalue weighted by molar-refractivity contribution is 5.87. The Kier molecular flexibility index (Phi) is 10.0. The molecule has 0 amide bonds. The van der Waals surface area contributed by atoms with Crippen molar-refractivity contribution in [2.75, 3.05) is 13.2 Å². The molecule has 0 atom stereocenters. The van der Waals surface area contributed by atoms with E-state index in [-0.39, 0.29) is 11.9 Å². The number of hydrogen-bond acceptors (Lipinski definition) is 4. The maximum Gasteiger partial charge on any atom is 0.333 e. The van der Waals surface area contributed by atoms with E-state index in [1.807, 2.05) is 0 Å². The van der Waals surface area contributed by atoms with Gasteiger partial charge in [0.1, 0.15) is 0 Å². The number of rotatable bonds is 10. The van der Waals surface area contributed by atoms with Crippen molar-refractivity contribution in [3.8, 4) is 0 Å². The van der Waals surface area contributed by atoms with Crippen LogP contribution < -0.4 is 0 Å². The lowest BCUT2D eigenvalue weighted by Gasteiger charge is -2.05. The summed E-state index contributed by atoms with van der Waals surface area (Å²) in [6.07, 6.45) is 4.36. The topological polar surface area (TPSA) is 52.6 Å². The Morgan fingerprint density at radius 3 is 2.28 bits per heavy atom. The molecule has 18 heavy (non-hydrogen) atoms. The third-order valence-electron chi connectivity index (χ3n) is 2.43. The second-order valence-electron chi connectivity index (χ2n) is 4.11. The van der Waals surface area contributed by atoms with Crippen LogP contribution in [0.4, 0.5) is 0 Å². The van der Waals surface area contributed by atoms with Crippen LogP contribution in [-0.2, 0) is 19.1 Å². The van der Waals surface area contributed by atoms with Crippen molar-refractivity contribution in [1.29, 1.82) is 0 Å². The van der Waals surface area contributed by atoms with Crippen LogP contribution in [0, 0.1) is 0 Å². The molecule has 0 radical (unpaired) electrons. The average molecular weight is 256 g/mol. The van der Waals surface area contributed by atoms with Crippen LogP contribution in [0.3, 0.4) is 0 Å². The summed E-state index contributed by atoms with van der Waals surface area (Å²) in [5.41, 5.74) is 0.469. The van der Waals surface area contributed by atoms with Gasteiger partial charge in [-0.2, -0.15) is 0 Å². The van der Waals surface area contributed by atoms with Gasteiger partial charge in [0.25, 0.3) is 0 Å². The molecule has 0 aliphatic heterocycles. The molecule has 0 spiro atoms. The smallest absolute Gasteiger partial charge is 0.333 e. The molecule has 0 fully saturated rings. The van der Waals surface area contributed by atoms with Crippen LogP contribution in [0.2, 0.25) is 0 Å². The Bertz CT molecular complexity index is 271. The van der Waals surface area contributed by atoms with Gasteiger partial charge in [-0.3, -0.25) is 4.79 Å². The molecule has 4 nitrogen and oxygen atoms in total. The Morgan fingerprint density at radius 2 is 1.67 bits per heavy atom. The first kappa shape index (κ1) is 16.7. The van der Waals surface area contributed by atoms with Gasteiger partial charge in [-0.1, -0.05) is 19.9 Å². The van der Waals surface area contributed by atoms with Crippen molar-refractivity contribution in [2.45, 2.75) is 52.4 Å². The SMILES string of the molecule is C=C(CCCCC(=O)OCCCC)C(=O)OCC. The molecule has 4 heteroatoms. The summed E-state index contributed by atoms with van der Waals surface area (Å²) in [6.45, 7) is 8.34. The van der Waals surface area contributed by atoms with E-state index in [0.29, 0.717) is 38.0 Å². The van der Waals surface area contributed by atoms with Gasteiger partial charge in [0, 0.05) is 12.0 Å². The summed E-state index contributed by atoms with van der Waals surface area (Å²) in [5.74, 6) is -0.506. The van der Waals surface area contributed by atoms with Crippen molar-refractivity contribution in [1.82, 2.24) is 0 Å². The largest absolute Gasteiger partial charge is 0.466 e. The molecular formula is C14H24O4. The molecule has 0 aliphatic carbocycles. The molecule has 0 aromatic rings. The Morgan fingerprint density at radius 1 is 1.00 bits per heavy atom. The number of carbonyl (C=O) groups is 2. The van der Waals surface area contributed by atoms with E-state index >= 15 is 0 Å². The summed E-state index contributed by atoms with van der Waals surface area (Å²) < 4.78 is 9.84. The van der Waals surface area contributed by atoms with Gasteiger partial charge in [0.05, 0.1) is 13.2 Å². The summed E-state index contributed by atoms with van der Waals surface area (Å²) in [5, 5.41) is 0. The van der Waals surface area contributed by atoms with Gasteiger partial charge in [-0.15, -0.1) is 0 Å². The van der Waals surface area contributed by atoms with E-state index in [9.17, 15) is 9.59 Å². The Hall–Kier alpha value is -1.32. The minimum atomic E-state index is -0.344. The molecular weight excluding hydrogens is 232 g/mol. The van der Waals surface area contributed by atoms with Gasteiger partial charge in [0.15, 0.2) is 0 Å². The van der Waals surface area contributed by atoms with E-state index in [2.05, 4.69) is 13.5 Å². The van der Waals surface area contributed by atoms with Crippen molar-refractivity contribution in [3.63, 3.8) is 0 Å². The third kappa shape index (κ3) is 8.79. The Labute approximate surface area is 109 Å². The molecule has 104 valence electrons. The summed E-state index contributed by atoms with van der Waals surface area (Å²) in [7, 11) is 0. The lowest BCUT2D eigenvalue weighted by atomic mass is 10.1. The summed E-state index contributed by atoms with van der Waals surface area (Å²) in [6, 6.07) is 0. The standard InChI is InChI=1S/C14H24O4/c1-4-6-11-18-13(15)10-8-7-9-12(3)14(16)17-5-2/h3-11H2,1-2H3. The van der Waals surface area contributed by atoms with E-state index < -0.39 is 0 Å². The molecule has 0 unspecified atom stereocenters. The van der Waals surface area contributed by atoms with Gasteiger partial charge < -0.3 is 9.47 Å². The molecule has 0 bridgehead atoms. The normalized spacial score (nSPS) is 9.89. The lowest BCUT2D eigenvalue weighted by molar-refractivity contribution is -0.143. The second kappa shape index (κ2) is 10.8. The fraction of sp³-hybridized carbons (Fsp3) is 0.714. The van der Waals surface area contributed by atoms with Crippen molar-refractivity contribution >= 4 is 11.9 Å². The van der Waals surface area contributed by atoms with Gasteiger partial charge >= 0.3 is 11.9 Å². The van der Waals surface area contributed by atoms with Gasteiger partial charge in [-0.05, 0) is 32.6 Å². The molecule has 0 N–H and O–H groups in total. The predicted molar refractivity (Wildman–Crippen MR) is 70.1 cm³/mol. The van der Waals surface area contributed by atoms with Crippen LogP contribution in [0.25, 0.3) is 0 Å². The van der Waals surface area contributed by atoms with Crippen molar-refractivity contribution in [2.24, 2.45) is 0 Å². The number of hydrogen-bond donors (Lipinski definition) is 0. The first-order valence-corrected chi connectivity index (χ1v) is 6.62. The summed E-state index contributed by atoms with van der Waals surface area (Å²) >= 11 is 0. The molecule has 0 aliphatic rings. The number of ether oxygens (including phenoxy) is 2. The lowest BCUT2D eigenvalue weighted by Crippen LogP contribution is -2.07. The van der Waals surface area contributed by atoms with Crippen LogP contribution in [0.15, 0.2) is 12.2 Å². The van der Waals surface area contributed by atoms with Gasteiger partial charge in [0.2, 0.25) is 0 Å². The van der Waals surface area contributed by atoms with Crippen LogP contribution in [0.1, 0.15) is 52.4 Å². The molecule has 0 saturated heterocycles. The maximum absolute atomic E-state index is 11.3. The molecule has 0 aromatic heterocycles. The molecule has 0 heterocycles. The fourth-order valence-corrected chi connectivity index (χ4v) is 1.35. The first-order chi connectivity index (χ1) is 8.61. The monoisotopic (exact) mass is 256 g/mol. The average Bonchev–Trinajstić information content (AvgIpc) is 2.35. The minimum absolute atomic E-state index is 0.162. The number of carbonyl (C=O) groups excluding carboxylic acids is 2. The quantitative estimate of drug-likeness (QED) is 0.342. The summed E-state index contributed by atoms with van der Waals surface area (Å²) in [4.78, 5) is 22.5.